The molecule has 0 bridgehead atoms. The van der Waals surface area contributed by atoms with Crippen LogP contribution in [-0.2, 0) is 4.74 Å². The van der Waals surface area contributed by atoms with Crippen LogP contribution in [0.15, 0.2) is 42.5 Å². The van der Waals surface area contributed by atoms with E-state index in [0.29, 0.717) is 6.61 Å². The molecule has 1 fully saturated rings. The lowest BCUT2D eigenvalue weighted by Crippen LogP contribution is -2.36. The zero-order valence-electron chi connectivity index (χ0n) is 13.2. The van der Waals surface area contributed by atoms with Crippen molar-refractivity contribution in [1.82, 2.24) is 0 Å². The molecule has 0 aromatic heterocycles. The molecule has 2 aliphatic rings. The molecule has 2 aliphatic heterocycles. The summed E-state index contributed by atoms with van der Waals surface area (Å²) < 4.78 is 32.1. The second-order valence-corrected chi connectivity index (χ2v) is 6.53. The molecule has 2 aromatic carbocycles. The van der Waals surface area contributed by atoms with Gasteiger partial charge < -0.3 is 15.8 Å². The Labute approximate surface area is 139 Å². The quantitative estimate of drug-likeness (QED) is 0.775. The predicted molar refractivity (Wildman–Crippen MR) is 90.0 cm³/mol. The molecule has 0 spiro atoms. The summed E-state index contributed by atoms with van der Waals surface area (Å²) in [6.07, 6.45) is -0.619. The molecular weight excluding hydrogens is 310 g/mol. The van der Waals surface area contributed by atoms with Gasteiger partial charge in [0.05, 0.1) is 12.1 Å². The van der Waals surface area contributed by atoms with Crippen LogP contribution < -0.4 is 11.1 Å². The first-order valence-corrected chi connectivity index (χ1v) is 8.29. The van der Waals surface area contributed by atoms with Gasteiger partial charge in [0.25, 0.3) is 6.43 Å². The van der Waals surface area contributed by atoms with E-state index in [-0.39, 0.29) is 23.6 Å². The van der Waals surface area contributed by atoms with Gasteiger partial charge in [-0.1, -0.05) is 18.2 Å². The summed E-state index contributed by atoms with van der Waals surface area (Å²) >= 11 is 0. The van der Waals surface area contributed by atoms with Crippen LogP contribution in [0.25, 0.3) is 0 Å². The van der Waals surface area contributed by atoms with E-state index < -0.39 is 6.43 Å². The number of halogens is 2. The highest BCUT2D eigenvalue weighted by Crippen LogP contribution is 2.49. The fourth-order valence-corrected chi connectivity index (χ4v) is 3.86. The number of hydrogen-bond donors (Lipinski definition) is 2. The second-order valence-electron chi connectivity index (χ2n) is 6.53. The van der Waals surface area contributed by atoms with Crippen LogP contribution in [0.2, 0.25) is 0 Å². The van der Waals surface area contributed by atoms with E-state index in [1.807, 2.05) is 24.3 Å². The molecule has 4 rings (SSSR count). The molecule has 3 N–H and O–H groups in total. The maximum Gasteiger partial charge on any atom is 0.263 e. The number of hydrogen-bond acceptors (Lipinski definition) is 3. The van der Waals surface area contributed by atoms with Crippen LogP contribution >= 0.6 is 0 Å². The van der Waals surface area contributed by atoms with E-state index in [9.17, 15) is 8.78 Å². The third-order valence-electron chi connectivity index (χ3n) is 5.04. The molecule has 24 heavy (non-hydrogen) atoms. The standard InChI is InChI=1S/C19H20F2N2O/c20-19(21)12-5-8-16-15(10-12)18-14(2-1-9-24-18)17(23-16)11-3-6-13(22)7-4-11/h3-8,10,14,17-19,23H,1-2,9,22H2/t14?,17-,18?/m0/s1. The van der Waals surface area contributed by atoms with E-state index in [0.717, 1.165) is 35.3 Å². The lowest BCUT2D eigenvalue weighted by Gasteiger charge is -2.43. The summed E-state index contributed by atoms with van der Waals surface area (Å²) in [4.78, 5) is 0. The number of anilines is 2. The van der Waals surface area contributed by atoms with Gasteiger partial charge in [-0.3, -0.25) is 0 Å². The van der Waals surface area contributed by atoms with E-state index in [1.165, 1.54) is 6.07 Å². The van der Waals surface area contributed by atoms with Gasteiger partial charge in [-0.2, -0.15) is 0 Å². The highest BCUT2D eigenvalue weighted by Gasteiger charge is 2.40. The molecule has 2 heterocycles. The smallest absolute Gasteiger partial charge is 0.263 e. The first kappa shape index (κ1) is 15.4. The number of nitrogens with two attached hydrogens (primary N) is 1. The molecule has 5 heteroatoms. The maximum atomic E-state index is 13.1. The van der Waals surface area contributed by atoms with Crippen molar-refractivity contribution in [1.29, 1.82) is 0 Å². The third kappa shape index (κ3) is 2.63. The van der Waals surface area contributed by atoms with Gasteiger partial charge in [0.1, 0.15) is 0 Å². The molecule has 126 valence electrons. The molecule has 3 nitrogen and oxygen atoms in total. The summed E-state index contributed by atoms with van der Waals surface area (Å²) in [5.74, 6) is 0.225. The number of ether oxygens (including phenoxy) is 1. The number of fused-ring (bicyclic) bond motifs is 3. The number of benzene rings is 2. The molecule has 2 aromatic rings. The average Bonchev–Trinajstić information content (AvgIpc) is 2.61. The lowest BCUT2D eigenvalue weighted by molar-refractivity contribution is -0.0382. The highest BCUT2D eigenvalue weighted by atomic mass is 19.3. The van der Waals surface area contributed by atoms with Crippen molar-refractivity contribution in [2.45, 2.75) is 31.4 Å². The fourth-order valence-electron chi connectivity index (χ4n) is 3.86. The van der Waals surface area contributed by atoms with E-state index in [4.69, 9.17) is 10.5 Å². The molecule has 0 amide bonds. The van der Waals surface area contributed by atoms with Gasteiger partial charge in [-0.25, -0.2) is 8.78 Å². The Morgan fingerprint density at radius 1 is 1.12 bits per heavy atom. The molecular formula is C19H20F2N2O. The van der Waals surface area contributed by atoms with Crippen molar-refractivity contribution in [3.05, 3.63) is 59.2 Å². The third-order valence-corrected chi connectivity index (χ3v) is 5.04. The Morgan fingerprint density at radius 3 is 2.67 bits per heavy atom. The Kier molecular flexibility index (Phi) is 3.88. The second kappa shape index (κ2) is 6.06. The lowest BCUT2D eigenvalue weighted by atomic mass is 9.77. The fraction of sp³-hybridized carbons (Fsp3) is 0.368. The zero-order valence-corrected chi connectivity index (χ0v) is 13.2. The van der Waals surface area contributed by atoms with Gasteiger partial charge >= 0.3 is 0 Å². The molecule has 3 atom stereocenters. The Balaban J connectivity index is 1.75. The highest BCUT2D eigenvalue weighted by molar-refractivity contribution is 5.59. The van der Waals surface area contributed by atoms with Crippen molar-refractivity contribution < 1.29 is 13.5 Å². The van der Waals surface area contributed by atoms with Crippen LogP contribution in [0.5, 0.6) is 0 Å². The predicted octanol–water partition coefficient (Wildman–Crippen LogP) is 4.84. The topological polar surface area (TPSA) is 47.3 Å². The zero-order chi connectivity index (χ0) is 16.7. The summed E-state index contributed by atoms with van der Waals surface area (Å²) in [6, 6.07) is 12.8. The molecule has 0 radical (unpaired) electrons. The van der Waals surface area contributed by atoms with E-state index in [1.54, 1.807) is 12.1 Å². The summed E-state index contributed by atoms with van der Waals surface area (Å²) in [7, 11) is 0. The minimum absolute atomic E-state index is 0.0504. The first-order valence-electron chi connectivity index (χ1n) is 8.29. The van der Waals surface area contributed by atoms with Gasteiger partial charge in [-0.15, -0.1) is 0 Å². The average molecular weight is 330 g/mol. The Hall–Kier alpha value is -2.14. The van der Waals surface area contributed by atoms with Crippen LogP contribution in [0.4, 0.5) is 20.2 Å². The van der Waals surface area contributed by atoms with Gasteiger partial charge in [0, 0.05) is 35.0 Å². The van der Waals surface area contributed by atoms with Crippen molar-refractivity contribution in [3.8, 4) is 0 Å². The first-order chi connectivity index (χ1) is 11.6. The largest absolute Gasteiger partial charge is 0.399 e. The number of rotatable bonds is 2. The van der Waals surface area contributed by atoms with Crippen LogP contribution in [-0.4, -0.2) is 6.61 Å². The Bertz CT molecular complexity index is 733. The minimum atomic E-state index is -2.47. The van der Waals surface area contributed by atoms with Crippen LogP contribution in [0, 0.1) is 5.92 Å². The van der Waals surface area contributed by atoms with Crippen molar-refractivity contribution in [2.24, 2.45) is 5.92 Å². The van der Waals surface area contributed by atoms with Crippen molar-refractivity contribution in [3.63, 3.8) is 0 Å². The van der Waals surface area contributed by atoms with Gasteiger partial charge in [-0.05, 0) is 42.7 Å². The molecule has 0 aliphatic carbocycles. The number of nitrogen functional groups attached to an aromatic ring is 1. The van der Waals surface area contributed by atoms with E-state index in [2.05, 4.69) is 5.32 Å². The number of nitrogens with one attached hydrogen (secondary N) is 1. The van der Waals surface area contributed by atoms with E-state index >= 15 is 0 Å². The van der Waals surface area contributed by atoms with Gasteiger partial charge in [0.15, 0.2) is 0 Å². The normalized spacial score (nSPS) is 25.7. The van der Waals surface area contributed by atoms with Crippen LogP contribution in [0.1, 0.15) is 48.1 Å². The summed E-state index contributed by atoms with van der Waals surface area (Å²) in [5.41, 5.74) is 9.45. The monoisotopic (exact) mass is 330 g/mol. The number of alkyl halides is 2. The van der Waals surface area contributed by atoms with Gasteiger partial charge in [0.2, 0.25) is 0 Å². The van der Waals surface area contributed by atoms with Crippen molar-refractivity contribution >= 4 is 11.4 Å². The van der Waals surface area contributed by atoms with Crippen molar-refractivity contribution in [2.75, 3.05) is 17.7 Å². The summed E-state index contributed by atoms with van der Waals surface area (Å²) in [6.45, 7) is 0.675. The molecule has 0 saturated carbocycles. The molecule has 2 unspecified atom stereocenters. The maximum absolute atomic E-state index is 13.1. The molecule has 1 saturated heterocycles. The van der Waals surface area contributed by atoms with Crippen LogP contribution in [0.3, 0.4) is 0 Å². The Morgan fingerprint density at radius 2 is 1.92 bits per heavy atom. The summed E-state index contributed by atoms with van der Waals surface area (Å²) in [5, 5.41) is 3.53. The SMILES string of the molecule is Nc1ccc([C@@H]2Nc3ccc(C(F)F)cc3C3OCCCC32)cc1. The minimum Gasteiger partial charge on any atom is -0.399 e.